The maximum atomic E-state index is 11.0. The van der Waals surface area contributed by atoms with Crippen molar-refractivity contribution in [2.45, 2.75) is 51.5 Å². The van der Waals surface area contributed by atoms with E-state index in [1.807, 2.05) is 24.3 Å². The van der Waals surface area contributed by atoms with Crippen molar-refractivity contribution >= 4 is 41.5 Å². The smallest absolute Gasteiger partial charge is 0.221 e. The summed E-state index contributed by atoms with van der Waals surface area (Å²) in [6, 6.07) is 8.32. The van der Waals surface area contributed by atoms with E-state index in [4.69, 9.17) is 5.73 Å². The minimum absolute atomic E-state index is 0. The zero-order valence-corrected chi connectivity index (χ0v) is 16.0. The SMILES string of the molecule is CC(=O)Nc1ccc(CCN=C(N)NC2CCCCC2)cc1.I. The van der Waals surface area contributed by atoms with Crippen molar-refractivity contribution in [2.75, 3.05) is 11.9 Å². The first kappa shape index (κ1) is 19.7. The highest BCUT2D eigenvalue weighted by Gasteiger charge is 2.13. The van der Waals surface area contributed by atoms with E-state index in [-0.39, 0.29) is 29.9 Å². The van der Waals surface area contributed by atoms with Crippen LogP contribution in [0.3, 0.4) is 0 Å². The zero-order chi connectivity index (χ0) is 15.8. The molecule has 0 aliphatic heterocycles. The van der Waals surface area contributed by atoms with Gasteiger partial charge in [0.15, 0.2) is 5.96 Å². The van der Waals surface area contributed by atoms with Crippen molar-refractivity contribution in [2.24, 2.45) is 10.7 Å². The summed E-state index contributed by atoms with van der Waals surface area (Å²) in [7, 11) is 0. The van der Waals surface area contributed by atoms with Crippen molar-refractivity contribution in [3.8, 4) is 0 Å². The highest BCUT2D eigenvalue weighted by molar-refractivity contribution is 14.0. The molecule has 0 atom stereocenters. The molecule has 0 bridgehead atoms. The number of aliphatic imine (C=N–C) groups is 1. The van der Waals surface area contributed by atoms with Gasteiger partial charge in [-0.15, -0.1) is 24.0 Å². The molecule has 2 rings (SSSR count). The van der Waals surface area contributed by atoms with Crippen molar-refractivity contribution in [1.29, 1.82) is 0 Å². The van der Waals surface area contributed by atoms with E-state index < -0.39 is 0 Å². The molecule has 0 heterocycles. The summed E-state index contributed by atoms with van der Waals surface area (Å²) in [5, 5.41) is 6.07. The van der Waals surface area contributed by atoms with Gasteiger partial charge in [-0.3, -0.25) is 9.79 Å². The maximum Gasteiger partial charge on any atom is 0.221 e. The fourth-order valence-corrected chi connectivity index (χ4v) is 2.77. The average Bonchev–Trinajstić information content (AvgIpc) is 2.49. The van der Waals surface area contributed by atoms with Gasteiger partial charge in [-0.2, -0.15) is 0 Å². The summed E-state index contributed by atoms with van der Waals surface area (Å²) in [5.41, 5.74) is 7.94. The molecule has 1 fully saturated rings. The number of halogens is 1. The van der Waals surface area contributed by atoms with Crippen LogP contribution in [0, 0.1) is 0 Å². The van der Waals surface area contributed by atoms with Gasteiger partial charge < -0.3 is 16.4 Å². The Kier molecular flexibility index (Phi) is 8.98. The van der Waals surface area contributed by atoms with E-state index in [9.17, 15) is 4.79 Å². The van der Waals surface area contributed by atoms with Crippen LogP contribution in [-0.4, -0.2) is 24.5 Å². The van der Waals surface area contributed by atoms with Crippen LogP contribution in [0.25, 0.3) is 0 Å². The Labute approximate surface area is 155 Å². The quantitative estimate of drug-likeness (QED) is 0.382. The van der Waals surface area contributed by atoms with Gasteiger partial charge in [-0.25, -0.2) is 0 Å². The largest absolute Gasteiger partial charge is 0.370 e. The Morgan fingerprint density at radius 3 is 2.48 bits per heavy atom. The molecule has 4 N–H and O–H groups in total. The minimum Gasteiger partial charge on any atom is -0.370 e. The molecule has 1 aliphatic carbocycles. The second-order valence-electron chi connectivity index (χ2n) is 5.87. The average molecular weight is 430 g/mol. The number of nitrogens with zero attached hydrogens (tertiary/aromatic N) is 1. The van der Waals surface area contributed by atoms with Gasteiger partial charge in [-0.1, -0.05) is 31.4 Å². The number of carbonyl (C=O) groups is 1. The van der Waals surface area contributed by atoms with Gasteiger partial charge in [0.25, 0.3) is 0 Å². The molecule has 1 aliphatic rings. The molecule has 0 spiro atoms. The first-order valence-corrected chi connectivity index (χ1v) is 8.06. The molecule has 5 nitrogen and oxygen atoms in total. The van der Waals surface area contributed by atoms with Gasteiger partial charge >= 0.3 is 0 Å². The number of amides is 1. The summed E-state index contributed by atoms with van der Waals surface area (Å²) in [6.07, 6.45) is 7.13. The topological polar surface area (TPSA) is 79.5 Å². The Morgan fingerprint density at radius 1 is 1.22 bits per heavy atom. The van der Waals surface area contributed by atoms with Crippen molar-refractivity contribution in [3.05, 3.63) is 29.8 Å². The van der Waals surface area contributed by atoms with E-state index in [1.165, 1.54) is 44.6 Å². The predicted molar refractivity (Wildman–Crippen MR) is 106 cm³/mol. The van der Waals surface area contributed by atoms with E-state index in [0.29, 0.717) is 18.5 Å². The van der Waals surface area contributed by atoms with Gasteiger partial charge in [0.05, 0.1) is 0 Å². The summed E-state index contributed by atoms with van der Waals surface area (Å²) < 4.78 is 0. The second kappa shape index (κ2) is 10.5. The molecule has 0 radical (unpaired) electrons. The Hall–Kier alpha value is -1.31. The first-order valence-electron chi connectivity index (χ1n) is 8.06. The predicted octanol–water partition coefficient (Wildman–Crippen LogP) is 3.04. The number of nitrogens with one attached hydrogen (secondary N) is 2. The highest BCUT2D eigenvalue weighted by atomic mass is 127. The normalized spacial score (nSPS) is 15.6. The van der Waals surface area contributed by atoms with Gasteiger partial charge in [-0.05, 0) is 37.0 Å². The van der Waals surface area contributed by atoms with E-state index in [2.05, 4.69) is 15.6 Å². The zero-order valence-electron chi connectivity index (χ0n) is 13.7. The van der Waals surface area contributed by atoms with E-state index >= 15 is 0 Å². The molecule has 0 unspecified atom stereocenters. The lowest BCUT2D eigenvalue weighted by Gasteiger charge is -2.23. The summed E-state index contributed by atoms with van der Waals surface area (Å²) in [6.45, 7) is 2.18. The molecule has 1 saturated carbocycles. The van der Waals surface area contributed by atoms with Crippen molar-refractivity contribution < 1.29 is 4.79 Å². The number of hydrogen-bond acceptors (Lipinski definition) is 2. The summed E-state index contributed by atoms with van der Waals surface area (Å²) in [5.74, 6) is 0.501. The van der Waals surface area contributed by atoms with Crippen molar-refractivity contribution in [3.63, 3.8) is 0 Å². The molecule has 1 amide bonds. The monoisotopic (exact) mass is 430 g/mol. The van der Waals surface area contributed by atoms with Crippen molar-refractivity contribution in [1.82, 2.24) is 5.32 Å². The van der Waals surface area contributed by atoms with Crippen LogP contribution in [0.5, 0.6) is 0 Å². The number of carbonyl (C=O) groups excluding carboxylic acids is 1. The Bertz CT molecular complexity index is 510. The first-order chi connectivity index (χ1) is 10.6. The van der Waals surface area contributed by atoms with Crippen LogP contribution in [0.15, 0.2) is 29.3 Å². The fourth-order valence-electron chi connectivity index (χ4n) is 2.77. The third-order valence-corrected chi connectivity index (χ3v) is 3.91. The van der Waals surface area contributed by atoms with Crippen LogP contribution in [0.2, 0.25) is 0 Å². The number of guanidine groups is 1. The molecule has 128 valence electrons. The number of nitrogens with two attached hydrogens (primary N) is 1. The molecule has 0 saturated heterocycles. The number of rotatable bonds is 5. The number of anilines is 1. The molecule has 1 aromatic rings. The van der Waals surface area contributed by atoms with Crippen LogP contribution in [0.1, 0.15) is 44.6 Å². The second-order valence-corrected chi connectivity index (χ2v) is 5.87. The van der Waals surface area contributed by atoms with Gasteiger partial charge in [0, 0.05) is 25.2 Å². The van der Waals surface area contributed by atoms with E-state index in [1.54, 1.807) is 0 Å². The molecular weight excluding hydrogens is 403 g/mol. The lowest BCUT2D eigenvalue weighted by atomic mass is 9.96. The molecule has 0 aromatic heterocycles. The molecule has 23 heavy (non-hydrogen) atoms. The van der Waals surface area contributed by atoms with Crippen LogP contribution < -0.4 is 16.4 Å². The van der Waals surface area contributed by atoms with Gasteiger partial charge in [0.2, 0.25) is 5.91 Å². The molecule has 6 heteroatoms. The Balaban J connectivity index is 0.00000264. The minimum atomic E-state index is -0.0566. The lowest BCUT2D eigenvalue weighted by molar-refractivity contribution is -0.114. The number of hydrogen-bond donors (Lipinski definition) is 3. The lowest BCUT2D eigenvalue weighted by Crippen LogP contribution is -2.41. The maximum absolute atomic E-state index is 11.0. The highest BCUT2D eigenvalue weighted by Crippen LogP contribution is 2.17. The van der Waals surface area contributed by atoms with E-state index in [0.717, 1.165) is 12.1 Å². The van der Waals surface area contributed by atoms with Crippen LogP contribution in [0.4, 0.5) is 5.69 Å². The number of benzene rings is 1. The Morgan fingerprint density at radius 2 is 1.87 bits per heavy atom. The summed E-state index contributed by atoms with van der Waals surface area (Å²) >= 11 is 0. The third kappa shape index (κ3) is 7.67. The fraction of sp³-hybridized carbons (Fsp3) is 0.529. The standard InChI is InChI=1S/C17H26N4O.HI/c1-13(22)20-16-9-7-14(8-10-16)11-12-19-17(18)21-15-5-3-2-4-6-15;/h7-10,15H,2-6,11-12H2,1H3,(H,20,22)(H3,18,19,21);1H. The third-order valence-electron chi connectivity index (χ3n) is 3.91. The molecule has 1 aromatic carbocycles. The van der Waals surface area contributed by atoms with Gasteiger partial charge in [0.1, 0.15) is 0 Å². The van der Waals surface area contributed by atoms with Crippen LogP contribution in [-0.2, 0) is 11.2 Å². The van der Waals surface area contributed by atoms with Crippen LogP contribution >= 0.6 is 24.0 Å². The summed E-state index contributed by atoms with van der Waals surface area (Å²) in [4.78, 5) is 15.4. The molecular formula is C17H27IN4O.